The van der Waals surface area contributed by atoms with Gasteiger partial charge in [-0.1, -0.05) is 17.7 Å². The highest BCUT2D eigenvalue weighted by Gasteiger charge is 2.14. The van der Waals surface area contributed by atoms with Crippen LogP contribution in [0.2, 0.25) is 5.02 Å². The van der Waals surface area contributed by atoms with Gasteiger partial charge in [0.2, 0.25) is 0 Å². The molecule has 0 bridgehead atoms. The Labute approximate surface area is 96.1 Å². The Balaban J connectivity index is 2.59. The predicted molar refractivity (Wildman–Crippen MR) is 59.9 cm³/mol. The number of nitrogens with zero attached hydrogens (tertiary/aromatic N) is 2. The minimum Gasteiger partial charge on any atom is -0.477 e. The van der Waals surface area contributed by atoms with E-state index < -0.39 is 5.97 Å². The normalized spacial score (nSPS) is 10.3. The van der Waals surface area contributed by atoms with Crippen molar-refractivity contribution >= 4 is 23.4 Å². The molecule has 0 saturated heterocycles. The molecular formula is C10H8ClN3O2. The van der Waals surface area contributed by atoms with Crippen LogP contribution >= 0.6 is 11.6 Å². The Kier molecular flexibility index (Phi) is 2.54. The first-order valence-electron chi connectivity index (χ1n) is 4.42. The van der Waals surface area contributed by atoms with Crippen LogP contribution in [-0.4, -0.2) is 20.9 Å². The van der Waals surface area contributed by atoms with Crippen molar-refractivity contribution < 1.29 is 9.90 Å². The number of carboxylic acid groups (broad SMARTS) is 1. The van der Waals surface area contributed by atoms with E-state index in [1.54, 1.807) is 24.3 Å². The van der Waals surface area contributed by atoms with Gasteiger partial charge < -0.3 is 10.8 Å². The fraction of sp³-hybridized carbons (Fsp3) is 0. The van der Waals surface area contributed by atoms with Crippen LogP contribution in [0.4, 0.5) is 5.82 Å². The Morgan fingerprint density at radius 3 is 2.81 bits per heavy atom. The predicted octanol–water partition coefficient (Wildman–Crippen LogP) is 1.81. The van der Waals surface area contributed by atoms with Crippen molar-refractivity contribution in [3.8, 4) is 5.69 Å². The molecule has 0 atom stereocenters. The molecule has 0 fully saturated rings. The summed E-state index contributed by atoms with van der Waals surface area (Å²) in [5.41, 5.74) is 6.02. The smallest absolute Gasteiger partial charge is 0.354 e. The molecule has 6 heteroatoms. The third-order valence-electron chi connectivity index (χ3n) is 2.00. The van der Waals surface area contributed by atoms with Crippen LogP contribution in [-0.2, 0) is 0 Å². The van der Waals surface area contributed by atoms with Gasteiger partial charge in [-0.3, -0.25) is 0 Å². The molecule has 0 spiro atoms. The highest BCUT2D eigenvalue weighted by atomic mass is 35.5. The summed E-state index contributed by atoms with van der Waals surface area (Å²) in [7, 11) is 0. The average molecular weight is 238 g/mol. The molecule has 2 rings (SSSR count). The Morgan fingerprint density at radius 2 is 2.19 bits per heavy atom. The number of halogens is 1. The number of hydrogen-bond acceptors (Lipinski definition) is 3. The van der Waals surface area contributed by atoms with Crippen LogP contribution in [0.25, 0.3) is 5.69 Å². The van der Waals surface area contributed by atoms with Gasteiger partial charge in [-0.25, -0.2) is 9.48 Å². The summed E-state index contributed by atoms with van der Waals surface area (Å²) in [5.74, 6) is -0.943. The number of carbonyl (C=O) groups is 1. The number of aromatic nitrogens is 2. The van der Waals surface area contributed by atoms with Crippen molar-refractivity contribution in [2.75, 3.05) is 5.73 Å². The number of nitrogen functional groups attached to an aromatic ring is 1. The lowest BCUT2D eigenvalue weighted by Crippen LogP contribution is -2.07. The maximum atomic E-state index is 10.9. The first kappa shape index (κ1) is 10.5. The topological polar surface area (TPSA) is 81.1 Å². The number of anilines is 1. The summed E-state index contributed by atoms with van der Waals surface area (Å²) >= 11 is 5.81. The summed E-state index contributed by atoms with van der Waals surface area (Å²) in [6, 6.07) is 8.01. The average Bonchev–Trinajstić information content (AvgIpc) is 2.60. The highest BCUT2D eigenvalue weighted by molar-refractivity contribution is 6.30. The summed E-state index contributed by atoms with van der Waals surface area (Å²) in [4.78, 5) is 10.9. The zero-order valence-corrected chi connectivity index (χ0v) is 8.85. The van der Waals surface area contributed by atoms with E-state index in [4.69, 9.17) is 22.4 Å². The number of benzene rings is 1. The van der Waals surface area contributed by atoms with Crippen molar-refractivity contribution in [2.24, 2.45) is 0 Å². The van der Waals surface area contributed by atoms with Crippen LogP contribution in [0.1, 0.15) is 10.5 Å². The second-order valence-electron chi connectivity index (χ2n) is 3.15. The maximum absolute atomic E-state index is 10.9. The molecule has 0 radical (unpaired) electrons. The zero-order valence-electron chi connectivity index (χ0n) is 8.09. The first-order valence-corrected chi connectivity index (χ1v) is 4.80. The van der Waals surface area contributed by atoms with Gasteiger partial charge in [-0.2, -0.15) is 0 Å². The summed E-state index contributed by atoms with van der Waals surface area (Å²) in [6.07, 6.45) is 0. The largest absolute Gasteiger partial charge is 0.477 e. The fourth-order valence-electron chi connectivity index (χ4n) is 1.36. The minimum atomic E-state index is -1.09. The van der Waals surface area contributed by atoms with E-state index in [9.17, 15) is 4.79 Å². The van der Waals surface area contributed by atoms with Crippen LogP contribution < -0.4 is 5.73 Å². The van der Waals surface area contributed by atoms with E-state index in [-0.39, 0.29) is 11.5 Å². The molecule has 1 aromatic carbocycles. The van der Waals surface area contributed by atoms with E-state index in [2.05, 4.69) is 5.10 Å². The van der Waals surface area contributed by atoms with Crippen LogP contribution in [0.5, 0.6) is 0 Å². The molecule has 0 saturated carbocycles. The monoisotopic (exact) mass is 237 g/mol. The van der Waals surface area contributed by atoms with Gasteiger partial charge >= 0.3 is 5.97 Å². The summed E-state index contributed by atoms with van der Waals surface area (Å²) < 4.78 is 1.24. The molecule has 5 nitrogen and oxygen atoms in total. The molecule has 3 N–H and O–H groups in total. The third kappa shape index (κ3) is 1.85. The quantitative estimate of drug-likeness (QED) is 0.835. The lowest BCUT2D eigenvalue weighted by molar-refractivity contribution is 0.0687. The summed E-state index contributed by atoms with van der Waals surface area (Å²) in [5, 5.41) is 13.4. The molecular weight excluding hydrogens is 230 g/mol. The SMILES string of the molecule is Nc1cc(C(=O)O)n(-c2cccc(Cl)c2)n1. The van der Waals surface area contributed by atoms with Gasteiger partial charge in [0.15, 0.2) is 5.69 Å². The first-order chi connectivity index (χ1) is 7.58. The number of rotatable bonds is 2. The van der Waals surface area contributed by atoms with E-state index in [0.717, 1.165) is 0 Å². The highest BCUT2D eigenvalue weighted by Crippen LogP contribution is 2.17. The molecule has 0 aliphatic heterocycles. The molecule has 0 aliphatic carbocycles. The number of aromatic carboxylic acids is 1. The Morgan fingerprint density at radius 1 is 1.44 bits per heavy atom. The van der Waals surface area contributed by atoms with Gasteiger partial charge in [-0.15, -0.1) is 5.10 Å². The van der Waals surface area contributed by atoms with Gasteiger partial charge in [0.05, 0.1) is 5.69 Å². The van der Waals surface area contributed by atoms with E-state index in [1.807, 2.05) is 0 Å². The molecule has 2 aromatic rings. The molecule has 82 valence electrons. The van der Waals surface area contributed by atoms with Gasteiger partial charge in [0, 0.05) is 11.1 Å². The summed E-state index contributed by atoms with van der Waals surface area (Å²) in [6.45, 7) is 0. The molecule has 1 aromatic heterocycles. The van der Waals surface area contributed by atoms with Crippen LogP contribution in [0.3, 0.4) is 0 Å². The molecule has 16 heavy (non-hydrogen) atoms. The minimum absolute atomic E-state index is 0.000216. The van der Waals surface area contributed by atoms with Gasteiger partial charge in [0.1, 0.15) is 5.82 Å². The van der Waals surface area contributed by atoms with Crippen LogP contribution in [0.15, 0.2) is 30.3 Å². The van der Waals surface area contributed by atoms with Crippen molar-refractivity contribution in [3.05, 3.63) is 41.0 Å². The molecule has 1 heterocycles. The second kappa shape index (κ2) is 3.86. The third-order valence-corrected chi connectivity index (χ3v) is 2.24. The van der Waals surface area contributed by atoms with E-state index >= 15 is 0 Å². The Hall–Kier alpha value is -2.01. The lowest BCUT2D eigenvalue weighted by Gasteiger charge is -2.03. The number of carboxylic acids is 1. The number of hydrogen-bond donors (Lipinski definition) is 2. The molecule has 0 amide bonds. The second-order valence-corrected chi connectivity index (χ2v) is 3.59. The van der Waals surface area contributed by atoms with E-state index in [0.29, 0.717) is 10.7 Å². The fourth-order valence-corrected chi connectivity index (χ4v) is 1.54. The maximum Gasteiger partial charge on any atom is 0.354 e. The van der Waals surface area contributed by atoms with Crippen LogP contribution in [0, 0.1) is 0 Å². The lowest BCUT2D eigenvalue weighted by atomic mass is 10.3. The van der Waals surface area contributed by atoms with Crippen molar-refractivity contribution in [3.63, 3.8) is 0 Å². The molecule has 0 aliphatic rings. The van der Waals surface area contributed by atoms with Crippen molar-refractivity contribution in [1.29, 1.82) is 0 Å². The zero-order chi connectivity index (χ0) is 11.7. The van der Waals surface area contributed by atoms with Crippen molar-refractivity contribution in [2.45, 2.75) is 0 Å². The standard InChI is InChI=1S/C10H8ClN3O2/c11-6-2-1-3-7(4-6)14-8(10(15)16)5-9(12)13-14/h1-5H,(H2,12,13)(H,15,16). The molecule has 0 unspecified atom stereocenters. The van der Waals surface area contributed by atoms with Gasteiger partial charge in [-0.05, 0) is 18.2 Å². The Bertz CT molecular complexity index is 551. The van der Waals surface area contributed by atoms with Gasteiger partial charge in [0.25, 0.3) is 0 Å². The van der Waals surface area contributed by atoms with Crippen molar-refractivity contribution in [1.82, 2.24) is 9.78 Å². The number of nitrogens with two attached hydrogens (primary N) is 1. The van der Waals surface area contributed by atoms with E-state index in [1.165, 1.54) is 10.7 Å².